The van der Waals surface area contributed by atoms with Gasteiger partial charge in [-0.25, -0.2) is 9.79 Å². The summed E-state index contributed by atoms with van der Waals surface area (Å²) in [7, 11) is 0. The largest absolute Gasteiger partial charge is 0.405 e. The quantitative estimate of drug-likeness (QED) is 0.349. The van der Waals surface area contributed by atoms with Crippen LogP contribution >= 0.6 is 25.3 Å². The Labute approximate surface area is 69.0 Å². The van der Waals surface area contributed by atoms with Crippen LogP contribution in [-0.4, -0.2) is 16.1 Å². The maximum absolute atomic E-state index is 10.7. The van der Waals surface area contributed by atoms with Crippen LogP contribution in [-0.2, 0) is 9.53 Å². The zero-order valence-corrected chi connectivity index (χ0v) is 6.73. The molecule has 54 valence electrons. The Morgan fingerprint density at radius 3 is 2.50 bits per heavy atom. The molecule has 3 nitrogen and oxygen atoms in total. The van der Waals surface area contributed by atoms with Crippen molar-refractivity contribution in [2.45, 2.75) is 4.20 Å². The second kappa shape index (κ2) is 2.32. The fourth-order valence-electron chi connectivity index (χ4n) is 0.473. The van der Waals surface area contributed by atoms with E-state index >= 15 is 0 Å². The van der Waals surface area contributed by atoms with Gasteiger partial charge in [-0.3, -0.25) is 0 Å². The molecule has 1 aliphatic heterocycles. The fourth-order valence-corrected chi connectivity index (χ4v) is 0.761. The molecule has 0 spiro atoms. The summed E-state index contributed by atoms with van der Waals surface area (Å²) < 4.78 is 3.24. The van der Waals surface area contributed by atoms with Crippen molar-refractivity contribution in [3.05, 3.63) is 12.7 Å². The molecular weight excluding hydrogens is 170 g/mol. The average molecular weight is 175 g/mol. The van der Waals surface area contributed by atoms with Gasteiger partial charge in [0.05, 0.1) is 0 Å². The van der Waals surface area contributed by atoms with Crippen LogP contribution in [0.3, 0.4) is 0 Å². The van der Waals surface area contributed by atoms with E-state index in [2.05, 4.69) is 41.6 Å². The topological polar surface area (TPSA) is 38.7 Å². The van der Waals surface area contributed by atoms with Gasteiger partial charge in [-0.15, -0.1) is 25.3 Å². The Morgan fingerprint density at radius 1 is 1.70 bits per heavy atom. The lowest BCUT2D eigenvalue weighted by molar-refractivity contribution is -0.133. The van der Waals surface area contributed by atoms with Crippen molar-refractivity contribution in [2.24, 2.45) is 4.99 Å². The number of cyclic esters (lactones) is 1. The minimum Gasteiger partial charge on any atom is -0.405 e. The highest BCUT2D eigenvalue weighted by atomic mass is 32.2. The number of thiol groups is 2. The minimum absolute atomic E-state index is 0.162. The smallest absolute Gasteiger partial charge is 0.361 e. The summed E-state index contributed by atoms with van der Waals surface area (Å²) in [6, 6.07) is 0. The first-order valence-corrected chi connectivity index (χ1v) is 3.35. The second-order valence-electron chi connectivity index (χ2n) is 1.68. The van der Waals surface area contributed by atoms with Gasteiger partial charge in [0.25, 0.3) is 0 Å². The third-order valence-corrected chi connectivity index (χ3v) is 1.48. The summed E-state index contributed by atoms with van der Waals surface area (Å²) in [6.07, 6.45) is 1.33. The van der Waals surface area contributed by atoms with Gasteiger partial charge >= 0.3 is 5.97 Å². The zero-order valence-electron chi connectivity index (χ0n) is 4.94. The van der Waals surface area contributed by atoms with Crippen molar-refractivity contribution in [3.8, 4) is 0 Å². The number of aliphatic imine (C=N–C) groups is 1. The maximum Gasteiger partial charge on any atom is 0.361 e. The molecule has 0 aromatic rings. The highest BCUT2D eigenvalue weighted by molar-refractivity contribution is 8.02. The van der Waals surface area contributed by atoms with Crippen LogP contribution in [0.5, 0.6) is 0 Å². The average Bonchev–Trinajstić information content (AvgIpc) is 2.08. The van der Waals surface area contributed by atoms with Crippen LogP contribution in [0.1, 0.15) is 0 Å². The molecule has 0 saturated heterocycles. The van der Waals surface area contributed by atoms with Crippen molar-refractivity contribution >= 4 is 37.1 Å². The van der Waals surface area contributed by atoms with Gasteiger partial charge in [-0.05, 0) is 6.08 Å². The van der Waals surface area contributed by atoms with Crippen LogP contribution in [0.25, 0.3) is 0 Å². The molecular formula is C5H5NO2S2. The number of nitrogens with zero attached hydrogens (tertiary/aromatic N) is 1. The predicted molar refractivity (Wildman–Crippen MR) is 44.4 cm³/mol. The molecule has 0 aromatic carbocycles. The lowest BCUT2D eigenvalue weighted by atomic mass is 10.6. The molecule has 10 heavy (non-hydrogen) atoms. The van der Waals surface area contributed by atoms with Gasteiger partial charge in [-0.1, -0.05) is 6.58 Å². The highest BCUT2D eigenvalue weighted by Crippen LogP contribution is 2.28. The number of rotatable bonds is 1. The standard InChI is InChI=1S/C5H5NO2S2/c1-2-3-6-5(9,10)4(7)8-3/h2,9-10H,1H2. The molecule has 0 bridgehead atoms. The highest BCUT2D eigenvalue weighted by Gasteiger charge is 2.38. The van der Waals surface area contributed by atoms with E-state index in [-0.39, 0.29) is 5.90 Å². The zero-order chi connectivity index (χ0) is 7.78. The van der Waals surface area contributed by atoms with E-state index < -0.39 is 10.2 Å². The summed E-state index contributed by atoms with van der Waals surface area (Å²) in [5.41, 5.74) is 0. The number of carbonyl (C=O) groups excluding carboxylic acids is 1. The van der Waals surface area contributed by atoms with Crippen LogP contribution in [0, 0.1) is 0 Å². The molecule has 1 rings (SSSR count). The van der Waals surface area contributed by atoms with Gasteiger partial charge in [0.2, 0.25) is 10.1 Å². The predicted octanol–water partition coefficient (Wildman–Crippen LogP) is 0.641. The van der Waals surface area contributed by atoms with E-state index in [4.69, 9.17) is 0 Å². The molecule has 0 aromatic heterocycles. The molecule has 0 atom stereocenters. The van der Waals surface area contributed by atoms with E-state index in [1.165, 1.54) is 6.08 Å². The van der Waals surface area contributed by atoms with E-state index in [1.54, 1.807) is 0 Å². The lowest BCUT2D eigenvalue weighted by Gasteiger charge is -2.03. The fraction of sp³-hybridized carbons (Fsp3) is 0.200. The maximum atomic E-state index is 10.7. The van der Waals surface area contributed by atoms with Crippen LogP contribution in [0.4, 0.5) is 0 Å². The van der Waals surface area contributed by atoms with Gasteiger partial charge in [0, 0.05) is 0 Å². The van der Waals surface area contributed by atoms with Gasteiger partial charge in [0.1, 0.15) is 0 Å². The number of esters is 1. The van der Waals surface area contributed by atoms with Crippen molar-refractivity contribution in [1.82, 2.24) is 0 Å². The van der Waals surface area contributed by atoms with Crippen molar-refractivity contribution < 1.29 is 9.53 Å². The molecule has 0 saturated carbocycles. The van der Waals surface area contributed by atoms with Crippen molar-refractivity contribution in [2.75, 3.05) is 0 Å². The van der Waals surface area contributed by atoms with E-state index in [0.29, 0.717) is 0 Å². The second-order valence-corrected chi connectivity index (χ2v) is 3.33. The molecule has 0 fully saturated rings. The first kappa shape index (κ1) is 7.68. The Morgan fingerprint density at radius 2 is 2.30 bits per heavy atom. The van der Waals surface area contributed by atoms with Crippen molar-refractivity contribution in [1.29, 1.82) is 0 Å². The van der Waals surface area contributed by atoms with Gasteiger partial charge < -0.3 is 4.74 Å². The van der Waals surface area contributed by atoms with E-state index in [9.17, 15) is 4.79 Å². The number of hydrogen-bond donors (Lipinski definition) is 2. The molecule has 0 radical (unpaired) electrons. The lowest BCUT2D eigenvalue weighted by Crippen LogP contribution is -2.19. The molecule has 5 heteroatoms. The van der Waals surface area contributed by atoms with Crippen LogP contribution < -0.4 is 0 Å². The van der Waals surface area contributed by atoms with Crippen molar-refractivity contribution in [3.63, 3.8) is 0 Å². The summed E-state index contributed by atoms with van der Waals surface area (Å²) in [4.78, 5) is 14.4. The Hall–Kier alpha value is -0.420. The molecule has 0 amide bonds. The van der Waals surface area contributed by atoms with Gasteiger partial charge in [0.15, 0.2) is 0 Å². The third kappa shape index (κ3) is 1.19. The first-order chi connectivity index (χ1) is 4.56. The third-order valence-electron chi connectivity index (χ3n) is 0.912. The Balaban J connectivity index is 2.91. The number of ether oxygens (including phenoxy) is 1. The van der Waals surface area contributed by atoms with E-state index in [1.807, 2.05) is 0 Å². The summed E-state index contributed by atoms with van der Waals surface area (Å²) >= 11 is 7.62. The minimum atomic E-state index is -1.33. The summed E-state index contributed by atoms with van der Waals surface area (Å²) in [5.74, 6) is -0.427. The van der Waals surface area contributed by atoms with Crippen LogP contribution in [0.15, 0.2) is 17.6 Å². The Kier molecular flexibility index (Phi) is 1.78. The number of carbonyl (C=O) groups is 1. The molecule has 0 unspecified atom stereocenters. The summed E-state index contributed by atoms with van der Waals surface area (Å²) in [6.45, 7) is 3.37. The summed E-state index contributed by atoms with van der Waals surface area (Å²) in [5, 5.41) is 0. The monoisotopic (exact) mass is 175 g/mol. The van der Waals surface area contributed by atoms with E-state index in [0.717, 1.165) is 0 Å². The molecule has 0 aliphatic carbocycles. The molecule has 1 heterocycles. The molecule has 0 N–H and O–H groups in total. The number of hydrogen-bond acceptors (Lipinski definition) is 5. The molecule has 1 aliphatic rings. The normalized spacial score (nSPS) is 21.8. The first-order valence-electron chi connectivity index (χ1n) is 2.45. The SMILES string of the molecule is C=CC1=NC(S)(S)C(=O)O1. The van der Waals surface area contributed by atoms with Crippen LogP contribution in [0.2, 0.25) is 0 Å². The Bertz CT molecular complexity index is 222. The van der Waals surface area contributed by atoms with Gasteiger partial charge in [-0.2, -0.15) is 0 Å².